The fourth-order valence-electron chi connectivity index (χ4n) is 0.833. The van der Waals surface area contributed by atoms with Crippen LogP contribution < -0.4 is 29.6 Å². The van der Waals surface area contributed by atoms with Gasteiger partial charge in [-0.05, 0) is 17.7 Å². The molecule has 4 nitrogen and oxygen atoms in total. The van der Waals surface area contributed by atoms with Crippen LogP contribution in [0.4, 0.5) is 4.39 Å². The maximum Gasteiger partial charge on any atom is 1.00 e. The fraction of sp³-hybridized carbons (Fsp3) is 0.143. The van der Waals surface area contributed by atoms with Crippen LogP contribution in [0.5, 0.6) is 0 Å². The second kappa shape index (κ2) is 5.58. The van der Waals surface area contributed by atoms with Gasteiger partial charge in [0.2, 0.25) is 0 Å². The standard InChI is InChI=1S/C7H6ClFO4S.Na/c8-5-3-4(1-2-6(5)9)7(10)14(11,12)13;/h1-3,7,10H,(H,11,12,13);/q;+1/p-1. The van der Waals surface area contributed by atoms with Gasteiger partial charge in [0.1, 0.15) is 15.9 Å². The van der Waals surface area contributed by atoms with E-state index in [1.165, 1.54) is 0 Å². The van der Waals surface area contributed by atoms with E-state index in [2.05, 4.69) is 0 Å². The maximum absolute atomic E-state index is 12.6. The first-order chi connectivity index (χ1) is 6.32. The van der Waals surface area contributed by atoms with Gasteiger partial charge in [-0.15, -0.1) is 0 Å². The Hall–Kier alpha value is 0.310. The van der Waals surface area contributed by atoms with E-state index in [9.17, 15) is 17.4 Å². The van der Waals surface area contributed by atoms with Crippen molar-refractivity contribution < 1.29 is 52.0 Å². The minimum Gasteiger partial charge on any atom is -0.746 e. The van der Waals surface area contributed by atoms with Gasteiger partial charge >= 0.3 is 29.6 Å². The Morgan fingerprint density at radius 1 is 1.47 bits per heavy atom. The fourth-order valence-corrected chi connectivity index (χ4v) is 1.50. The van der Waals surface area contributed by atoms with Crippen molar-refractivity contribution >= 4 is 21.7 Å². The Balaban J connectivity index is 0.00000196. The molecule has 0 aliphatic carbocycles. The first-order valence-electron chi connectivity index (χ1n) is 3.40. The van der Waals surface area contributed by atoms with E-state index in [0.717, 1.165) is 18.2 Å². The summed E-state index contributed by atoms with van der Waals surface area (Å²) in [6, 6.07) is 2.73. The topological polar surface area (TPSA) is 77.4 Å². The first-order valence-corrected chi connectivity index (χ1v) is 5.25. The van der Waals surface area contributed by atoms with Crippen LogP contribution in [0.1, 0.15) is 11.0 Å². The second-order valence-electron chi connectivity index (χ2n) is 2.52. The van der Waals surface area contributed by atoms with Gasteiger partial charge in [0.25, 0.3) is 0 Å². The van der Waals surface area contributed by atoms with Gasteiger partial charge in [-0.3, -0.25) is 0 Å². The largest absolute Gasteiger partial charge is 1.00 e. The predicted molar refractivity (Wildman–Crippen MR) is 46.1 cm³/mol. The van der Waals surface area contributed by atoms with Gasteiger partial charge in [0.05, 0.1) is 5.02 Å². The molecule has 0 spiro atoms. The zero-order valence-corrected chi connectivity index (χ0v) is 11.2. The molecule has 1 aromatic rings. The summed E-state index contributed by atoms with van der Waals surface area (Å²) in [6.07, 6.45) is 0. The average molecular weight is 263 g/mol. The number of benzene rings is 1. The molecule has 0 aliphatic heterocycles. The minimum absolute atomic E-state index is 0. The third-order valence-corrected chi connectivity index (χ3v) is 2.61. The van der Waals surface area contributed by atoms with Gasteiger partial charge < -0.3 is 9.66 Å². The molecule has 0 fully saturated rings. The molecule has 8 heteroatoms. The molecule has 1 atom stereocenters. The number of halogens is 2. The molecule has 1 rings (SSSR count). The molecule has 0 saturated carbocycles. The molecule has 0 aliphatic rings. The van der Waals surface area contributed by atoms with E-state index in [1.807, 2.05) is 0 Å². The van der Waals surface area contributed by atoms with Crippen LogP contribution in [0.3, 0.4) is 0 Å². The molecule has 1 N–H and O–H groups in total. The third kappa shape index (κ3) is 3.99. The van der Waals surface area contributed by atoms with Crippen molar-refractivity contribution in [3.05, 3.63) is 34.6 Å². The van der Waals surface area contributed by atoms with Gasteiger partial charge in [-0.1, -0.05) is 17.7 Å². The van der Waals surface area contributed by atoms with Gasteiger partial charge in [-0.25, -0.2) is 12.8 Å². The van der Waals surface area contributed by atoms with Crippen molar-refractivity contribution in [2.45, 2.75) is 5.44 Å². The second-order valence-corrected chi connectivity index (χ2v) is 4.36. The van der Waals surface area contributed by atoms with Crippen molar-refractivity contribution in [3.8, 4) is 0 Å². The van der Waals surface area contributed by atoms with Crippen LogP contribution in [0.15, 0.2) is 18.2 Å². The number of aliphatic hydroxyl groups excluding tert-OH is 1. The minimum atomic E-state index is -4.86. The predicted octanol–water partition coefficient (Wildman–Crippen LogP) is -1.98. The summed E-state index contributed by atoms with van der Waals surface area (Å²) in [5, 5.41) is 8.63. The SMILES string of the molecule is O=S(=O)([O-])C(O)c1ccc(F)c(Cl)c1.[Na+]. The van der Waals surface area contributed by atoms with E-state index in [1.54, 1.807) is 0 Å². The summed E-state index contributed by atoms with van der Waals surface area (Å²) in [5.41, 5.74) is -2.48. The molecule has 78 valence electrons. The van der Waals surface area contributed by atoms with Crippen LogP contribution in [0, 0.1) is 5.82 Å². The molecule has 0 heterocycles. The van der Waals surface area contributed by atoms with Crippen molar-refractivity contribution in [2.75, 3.05) is 0 Å². The summed E-state index contributed by atoms with van der Waals surface area (Å²) in [7, 11) is -4.86. The molecule has 1 aromatic carbocycles. The van der Waals surface area contributed by atoms with Crippen LogP contribution >= 0.6 is 11.6 Å². The average Bonchev–Trinajstić information content (AvgIpc) is 2.07. The first kappa shape index (κ1) is 15.3. The third-order valence-electron chi connectivity index (χ3n) is 1.50. The summed E-state index contributed by atoms with van der Waals surface area (Å²) in [5.74, 6) is -0.758. The van der Waals surface area contributed by atoms with Crippen LogP contribution in [0.2, 0.25) is 5.02 Å². The maximum atomic E-state index is 12.6. The molecule has 0 saturated heterocycles. The summed E-state index contributed by atoms with van der Waals surface area (Å²) >= 11 is 5.33. The Bertz CT molecular complexity index is 450. The number of hydrogen-bond donors (Lipinski definition) is 1. The normalized spacial score (nSPS) is 13.1. The van der Waals surface area contributed by atoms with Crippen molar-refractivity contribution in [1.82, 2.24) is 0 Å². The Kier molecular flexibility index (Phi) is 5.70. The summed E-state index contributed by atoms with van der Waals surface area (Å²) in [4.78, 5) is 0. The van der Waals surface area contributed by atoms with E-state index >= 15 is 0 Å². The Morgan fingerprint density at radius 2 is 2.00 bits per heavy atom. The van der Waals surface area contributed by atoms with Crippen molar-refractivity contribution in [1.29, 1.82) is 0 Å². The monoisotopic (exact) mass is 262 g/mol. The van der Waals surface area contributed by atoms with Crippen LogP contribution in [-0.4, -0.2) is 18.1 Å². The molecule has 0 bridgehead atoms. The number of hydrogen-bond acceptors (Lipinski definition) is 4. The van der Waals surface area contributed by atoms with Gasteiger partial charge in [0.15, 0.2) is 5.44 Å². The molecule has 0 radical (unpaired) electrons. The molecule has 0 amide bonds. The van der Waals surface area contributed by atoms with E-state index in [-0.39, 0.29) is 40.1 Å². The van der Waals surface area contributed by atoms with Gasteiger partial charge in [0, 0.05) is 0 Å². The van der Waals surface area contributed by atoms with E-state index in [4.69, 9.17) is 16.7 Å². The van der Waals surface area contributed by atoms with Gasteiger partial charge in [-0.2, -0.15) is 0 Å². The van der Waals surface area contributed by atoms with Crippen molar-refractivity contribution in [2.24, 2.45) is 0 Å². The number of aliphatic hydroxyl groups is 1. The smallest absolute Gasteiger partial charge is 0.746 e. The molecular formula is C7H5ClFNaO4S. The Morgan fingerprint density at radius 3 is 2.40 bits per heavy atom. The molecule has 1 unspecified atom stereocenters. The molecule has 0 aromatic heterocycles. The summed E-state index contributed by atoms with van der Waals surface area (Å²) < 4.78 is 43.8. The quantitative estimate of drug-likeness (QED) is 0.495. The molecule has 15 heavy (non-hydrogen) atoms. The summed E-state index contributed by atoms with van der Waals surface area (Å²) in [6.45, 7) is 0. The van der Waals surface area contributed by atoms with E-state index in [0.29, 0.717) is 0 Å². The van der Waals surface area contributed by atoms with E-state index < -0.39 is 21.4 Å². The number of rotatable bonds is 2. The molecular weight excluding hydrogens is 258 g/mol. The zero-order valence-electron chi connectivity index (χ0n) is 7.65. The van der Waals surface area contributed by atoms with Crippen LogP contribution in [0.25, 0.3) is 0 Å². The Labute approximate surface area is 113 Å². The van der Waals surface area contributed by atoms with Crippen LogP contribution in [-0.2, 0) is 10.1 Å². The zero-order chi connectivity index (χ0) is 10.9. The van der Waals surface area contributed by atoms with Crippen molar-refractivity contribution in [3.63, 3.8) is 0 Å².